The maximum Gasteiger partial charge on any atom is 0.330 e. The molecule has 4 atom stereocenters. The van der Waals surface area contributed by atoms with Gasteiger partial charge >= 0.3 is 5.69 Å². The van der Waals surface area contributed by atoms with Gasteiger partial charge in [-0.05, 0) is 6.92 Å². The summed E-state index contributed by atoms with van der Waals surface area (Å²) in [4.78, 5) is 24.8. The molecule has 0 aromatic carbocycles. The van der Waals surface area contributed by atoms with E-state index >= 15 is 0 Å². The van der Waals surface area contributed by atoms with Gasteiger partial charge in [0.05, 0.1) is 0 Å². The van der Waals surface area contributed by atoms with Crippen molar-refractivity contribution in [1.29, 1.82) is 0 Å². The number of nitrogens with one attached hydrogen (secondary N) is 1. The molecule has 0 unspecified atom stereocenters. The molecule has 1 saturated heterocycles. The predicted molar refractivity (Wildman–Crippen MR) is 59.9 cm³/mol. The van der Waals surface area contributed by atoms with Crippen LogP contribution < -0.4 is 17.0 Å². The normalized spacial score (nSPS) is 31.8. The van der Waals surface area contributed by atoms with Crippen LogP contribution in [0.1, 0.15) is 11.8 Å². The van der Waals surface area contributed by atoms with Crippen molar-refractivity contribution in [2.45, 2.75) is 31.5 Å². The highest BCUT2D eigenvalue weighted by atomic mass is 19.1. The number of halogens is 1. The minimum atomic E-state index is -1.78. The van der Waals surface area contributed by atoms with Gasteiger partial charge in [0.1, 0.15) is 12.2 Å². The van der Waals surface area contributed by atoms with Crippen molar-refractivity contribution in [3.8, 4) is 0 Å². The Balaban J connectivity index is 2.42. The fourth-order valence-electron chi connectivity index (χ4n) is 1.90. The average Bonchev–Trinajstić information content (AvgIpc) is 2.61. The quantitative estimate of drug-likeness (QED) is 0.592. The summed E-state index contributed by atoms with van der Waals surface area (Å²) in [5, 5.41) is 9.54. The number of ether oxygens (including phenoxy) is 1. The van der Waals surface area contributed by atoms with E-state index in [4.69, 9.17) is 10.5 Å². The molecule has 18 heavy (non-hydrogen) atoms. The minimum Gasteiger partial charge on any atom is -0.387 e. The molecule has 1 fully saturated rings. The topological polar surface area (TPSA) is 110 Å². The number of hydrogen-bond acceptors (Lipinski definition) is 5. The molecule has 2 rings (SSSR count). The number of nitrogens with zero attached hydrogens (tertiary/aromatic N) is 1. The lowest BCUT2D eigenvalue weighted by Crippen LogP contribution is -2.37. The molecule has 1 aliphatic rings. The van der Waals surface area contributed by atoms with Crippen molar-refractivity contribution in [2.75, 3.05) is 6.54 Å². The lowest BCUT2D eigenvalue weighted by atomic mass is 10.1. The fourth-order valence-corrected chi connectivity index (χ4v) is 1.90. The zero-order chi connectivity index (χ0) is 13.4. The molecule has 8 heteroatoms. The van der Waals surface area contributed by atoms with Gasteiger partial charge < -0.3 is 15.6 Å². The Hall–Kier alpha value is -1.51. The predicted octanol–water partition coefficient (Wildman–Crippen LogP) is -1.60. The first-order chi connectivity index (χ1) is 8.45. The Morgan fingerprint density at radius 2 is 2.28 bits per heavy atom. The van der Waals surface area contributed by atoms with Gasteiger partial charge in [0.2, 0.25) is 0 Å². The first-order valence-corrected chi connectivity index (χ1v) is 5.45. The van der Waals surface area contributed by atoms with Crippen molar-refractivity contribution >= 4 is 0 Å². The Morgan fingerprint density at radius 1 is 1.61 bits per heavy atom. The first kappa shape index (κ1) is 12.9. The maximum atomic E-state index is 13.8. The summed E-state index contributed by atoms with van der Waals surface area (Å²) in [7, 11) is 0. The summed E-state index contributed by atoms with van der Waals surface area (Å²) >= 11 is 0. The van der Waals surface area contributed by atoms with Crippen LogP contribution in [0.4, 0.5) is 4.39 Å². The number of aliphatic hydroxyl groups excluding tert-OH is 1. The van der Waals surface area contributed by atoms with E-state index in [0.717, 1.165) is 4.57 Å². The van der Waals surface area contributed by atoms with E-state index in [-0.39, 0.29) is 12.1 Å². The van der Waals surface area contributed by atoms with E-state index in [1.54, 1.807) is 0 Å². The number of aryl methyl sites for hydroxylation is 1. The van der Waals surface area contributed by atoms with Gasteiger partial charge in [-0.3, -0.25) is 14.3 Å². The Kier molecular flexibility index (Phi) is 3.33. The number of rotatable bonds is 2. The SMILES string of the molecule is Cc1cn([C@@H]2O[C@H](CN)[C@@H](O)[C@H]2F)c(=O)[nH]c1=O. The van der Waals surface area contributed by atoms with Crippen LogP contribution in [0.3, 0.4) is 0 Å². The molecule has 1 aliphatic heterocycles. The molecule has 0 radical (unpaired) electrons. The zero-order valence-corrected chi connectivity index (χ0v) is 9.67. The van der Waals surface area contributed by atoms with E-state index < -0.39 is 35.9 Å². The van der Waals surface area contributed by atoms with Crippen molar-refractivity contribution in [1.82, 2.24) is 9.55 Å². The largest absolute Gasteiger partial charge is 0.387 e. The third-order valence-electron chi connectivity index (χ3n) is 2.95. The smallest absolute Gasteiger partial charge is 0.330 e. The van der Waals surface area contributed by atoms with Crippen LogP contribution in [0, 0.1) is 6.92 Å². The van der Waals surface area contributed by atoms with E-state index in [1.165, 1.54) is 13.1 Å². The second-order valence-electron chi connectivity index (χ2n) is 4.21. The third kappa shape index (κ3) is 1.98. The second kappa shape index (κ2) is 4.63. The average molecular weight is 259 g/mol. The van der Waals surface area contributed by atoms with Crippen LogP contribution in [-0.4, -0.2) is 39.6 Å². The van der Waals surface area contributed by atoms with Gasteiger partial charge in [-0.2, -0.15) is 0 Å². The molecule has 0 amide bonds. The molecule has 100 valence electrons. The molecule has 0 saturated carbocycles. The molecule has 0 aliphatic carbocycles. The van der Waals surface area contributed by atoms with Gasteiger partial charge in [0, 0.05) is 18.3 Å². The van der Waals surface area contributed by atoms with Gasteiger partial charge in [0.25, 0.3) is 5.56 Å². The first-order valence-electron chi connectivity index (χ1n) is 5.45. The Morgan fingerprint density at radius 3 is 2.83 bits per heavy atom. The van der Waals surface area contributed by atoms with Crippen molar-refractivity contribution < 1.29 is 14.2 Å². The zero-order valence-electron chi connectivity index (χ0n) is 9.67. The summed E-state index contributed by atoms with van der Waals surface area (Å²) < 4.78 is 19.9. The van der Waals surface area contributed by atoms with Crippen LogP contribution in [0.2, 0.25) is 0 Å². The van der Waals surface area contributed by atoms with Crippen LogP contribution in [0.15, 0.2) is 15.8 Å². The summed E-state index contributed by atoms with van der Waals surface area (Å²) in [6.07, 6.45) is -4.12. The summed E-state index contributed by atoms with van der Waals surface area (Å²) in [5.41, 5.74) is 4.24. The van der Waals surface area contributed by atoms with Crippen LogP contribution >= 0.6 is 0 Å². The summed E-state index contributed by atoms with van der Waals surface area (Å²) in [6.45, 7) is 1.42. The number of alkyl halides is 1. The van der Waals surface area contributed by atoms with Crippen molar-refractivity contribution in [2.24, 2.45) is 5.73 Å². The number of aromatic nitrogens is 2. The second-order valence-corrected chi connectivity index (χ2v) is 4.21. The van der Waals surface area contributed by atoms with Crippen LogP contribution in [-0.2, 0) is 4.74 Å². The minimum absolute atomic E-state index is 0.0603. The van der Waals surface area contributed by atoms with Gasteiger partial charge in [0.15, 0.2) is 12.4 Å². The lowest BCUT2D eigenvalue weighted by molar-refractivity contribution is -0.0226. The molecule has 0 spiro atoms. The number of aromatic amines is 1. The van der Waals surface area contributed by atoms with Crippen molar-refractivity contribution in [3.63, 3.8) is 0 Å². The number of H-pyrrole nitrogens is 1. The number of aliphatic hydroxyl groups is 1. The molecule has 4 N–H and O–H groups in total. The van der Waals surface area contributed by atoms with Crippen LogP contribution in [0.25, 0.3) is 0 Å². The third-order valence-corrected chi connectivity index (χ3v) is 2.95. The van der Waals surface area contributed by atoms with Gasteiger partial charge in [-0.25, -0.2) is 9.18 Å². The summed E-state index contributed by atoms with van der Waals surface area (Å²) in [5.74, 6) is 0. The number of nitrogens with two attached hydrogens (primary N) is 1. The lowest BCUT2D eigenvalue weighted by Gasteiger charge is -2.16. The standard InChI is InChI=1S/C10H14FN3O4/c1-4-3-14(10(17)13-8(4)16)9-6(11)7(15)5(2-12)18-9/h3,5-7,9,15H,2,12H2,1H3,(H,13,16,17)/t5-,6-,7-,9-/m1/s1. The molecule has 2 heterocycles. The molecule has 1 aromatic rings. The van der Waals surface area contributed by atoms with Gasteiger partial charge in [-0.1, -0.05) is 0 Å². The van der Waals surface area contributed by atoms with E-state index in [1.807, 2.05) is 4.98 Å². The molecule has 7 nitrogen and oxygen atoms in total. The highest BCUT2D eigenvalue weighted by molar-refractivity contribution is 5.03. The van der Waals surface area contributed by atoms with Crippen LogP contribution in [0.5, 0.6) is 0 Å². The molecular weight excluding hydrogens is 245 g/mol. The van der Waals surface area contributed by atoms with E-state index in [0.29, 0.717) is 0 Å². The van der Waals surface area contributed by atoms with Crippen molar-refractivity contribution in [3.05, 3.63) is 32.6 Å². The van der Waals surface area contributed by atoms with E-state index in [2.05, 4.69) is 0 Å². The van der Waals surface area contributed by atoms with Gasteiger partial charge in [-0.15, -0.1) is 0 Å². The molecule has 0 bridgehead atoms. The summed E-state index contributed by atoms with van der Waals surface area (Å²) in [6, 6.07) is 0. The Bertz CT molecular complexity index is 555. The Labute approximate surface area is 101 Å². The van der Waals surface area contributed by atoms with E-state index in [9.17, 15) is 19.1 Å². The monoisotopic (exact) mass is 259 g/mol. The number of hydrogen-bond donors (Lipinski definition) is 3. The maximum absolute atomic E-state index is 13.8. The highest BCUT2D eigenvalue weighted by Gasteiger charge is 2.44. The highest BCUT2D eigenvalue weighted by Crippen LogP contribution is 2.30. The fraction of sp³-hybridized carbons (Fsp3) is 0.600. The molecule has 1 aromatic heterocycles. The molecular formula is C10H14FN3O4.